The fraction of sp³-hybridized carbons (Fsp3) is 0.417. The molecule has 1 aromatic rings. The molecule has 1 heterocycles. The third kappa shape index (κ3) is 5.68. The summed E-state index contributed by atoms with van der Waals surface area (Å²) in [7, 11) is -3.32. The number of aromatic nitrogens is 1. The quantitative estimate of drug-likeness (QED) is 0.790. The number of sulfone groups is 1. The number of carboxylic acids is 1. The van der Waals surface area contributed by atoms with Gasteiger partial charge in [-0.25, -0.2) is 13.2 Å². The number of amides is 1. The normalized spacial score (nSPS) is 12.7. The molecule has 1 amide bonds. The molecule has 1 unspecified atom stereocenters. The number of aryl methyl sites for hydroxylation is 1. The Hall–Kier alpha value is -1.67. The van der Waals surface area contributed by atoms with Gasteiger partial charge in [-0.1, -0.05) is 11.6 Å². The Kier molecular flexibility index (Phi) is 5.68. The second-order valence-electron chi connectivity index (χ2n) is 4.59. The highest BCUT2D eigenvalue weighted by Crippen LogP contribution is 2.15. The van der Waals surface area contributed by atoms with Crippen LogP contribution in [-0.4, -0.2) is 48.4 Å². The van der Waals surface area contributed by atoms with Crippen molar-refractivity contribution in [1.82, 2.24) is 10.3 Å². The summed E-state index contributed by atoms with van der Waals surface area (Å²) in [5, 5.41) is 11.4. The van der Waals surface area contributed by atoms with Gasteiger partial charge in [-0.05, 0) is 19.4 Å². The average molecular weight is 335 g/mol. The number of nitrogens with zero attached hydrogens (tertiary/aromatic N) is 1. The topological polar surface area (TPSA) is 113 Å². The summed E-state index contributed by atoms with van der Waals surface area (Å²) < 4.78 is 22.1. The number of nitrogens with one attached hydrogen (secondary N) is 1. The average Bonchev–Trinajstić information content (AvgIpc) is 2.32. The molecule has 1 atom stereocenters. The highest BCUT2D eigenvalue weighted by molar-refractivity contribution is 7.90. The van der Waals surface area contributed by atoms with Crippen molar-refractivity contribution in [3.05, 3.63) is 28.5 Å². The summed E-state index contributed by atoms with van der Waals surface area (Å²) in [4.78, 5) is 26.9. The van der Waals surface area contributed by atoms with Gasteiger partial charge < -0.3 is 10.4 Å². The minimum absolute atomic E-state index is 0.0351. The second kappa shape index (κ2) is 6.86. The molecule has 0 aliphatic rings. The van der Waals surface area contributed by atoms with Gasteiger partial charge in [0.2, 0.25) is 0 Å². The van der Waals surface area contributed by atoms with Gasteiger partial charge >= 0.3 is 5.97 Å². The van der Waals surface area contributed by atoms with Crippen molar-refractivity contribution >= 4 is 33.3 Å². The predicted molar refractivity (Wildman–Crippen MR) is 77.2 cm³/mol. The number of hydrogen-bond acceptors (Lipinski definition) is 5. The predicted octanol–water partition coefficient (Wildman–Crippen LogP) is 0.661. The van der Waals surface area contributed by atoms with Gasteiger partial charge in [0.1, 0.15) is 15.9 Å². The van der Waals surface area contributed by atoms with Crippen LogP contribution in [0, 0.1) is 6.92 Å². The maximum Gasteiger partial charge on any atom is 0.326 e. The molecule has 21 heavy (non-hydrogen) atoms. The van der Waals surface area contributed by atoms with Crippen LogP contribution in [0.2, 0.25) is 5.02 Å². The first kappa shape index (κ1) is 17.4. The molecule has 0 aliphatic heterocycles. The Labute approximate surface area is 127 Å². The molecule has 116 valence electrons. The van der Waals surface area contributed by atoms with Crippen LogP contribution in [0.4, 0.5) is 0 Å². The molecule has 2 N–H and O–H groups in total. The number of halogens is 1. The van der Waals surface area contributed by atoms with Gasteiger partial charge in [-0.3, -0.25) is 9.78 Å². The van der Waals surface area contributed by atoms with Crippen molar-refractivity contribution in [2.45, 2.75) is 19.4 Å². The summed E-state index contributed by atoms with van der Waals surface area (Å²) >= 11 is 5.89. The van der Waals surface area contributed by atoms with E-state index in [-0.39, 0.29) is 22.8 Å². The van der Waals surface area contributed by atoms with E-state index in [0.717, 1.165) is 6.26 Å². The molecule has 0 saturated carbocycles. The summed E-state index contributed by atoms with van der Waals surface area (Å²) in [6.07, 6.45) is 2.01. The molecule has 1 rings (SSSR count). The lowest BCUT2D eigenvalue weighted by Gasteiger charge is -2.14. The van der Waals surface area contributed by atoms with Crippen molar-refractivity contribution in [3.8, 4) is 0 Å². The summed E-state index contributed by atoms with van der Waals surface area (Å²) in [6.45, 7) is 1.69. The molecule has 0 bridgehead atoms. The van der Waals surface area contributed by atoms with E-state index in [0.29, 0.717) is 5.69 Å². The van der Waals surface area contributed by atoms with Gasteiger partial charge in [0.25, 0.3) is 5.91 Å². The molecule has 0 radical (unpaired) electrons. The van der Waals surface area contributed by atoms with Crippen LogP contribution < -0.4 is 5.32 Å². The third-order valence-electron chi connectivity index (χ3n) is 2.62. The van der Waals surface area contributed by atoms with E-state index in [1.165, 1.54) is 12.3 Å². The molecule has 0 saturated heterocycles. The molecule has 0 spiro atoms. The van der Waals surface area contributed by atoms with Crippen LogP contribution in [0.1, 0.15) is 22.5 Å². The molecule has 9 heteroatoms. The largest absolute Gasteiger partial charge is 0.480 e. The Morgan fingerprint density at radius 3 is 2.57 bits per heavy atom. The molecular formula is C12H15ClN2O5S. The molecule has 1 aromatic heterocycles. The van der Waals surface area contributed by atoms with Gasteiger partial charge in [-0.15, -0.1) is 0 Å². The number of carbonyl (C=O) groups excluding carboxylic acids is 1. The van der Waals surface area contributed by atoms with Crippen molar-refractivity contribution in [1.29, 1.82) is 0 Å². The van der Waals surface area contributed by atoms with E-state index < -0.39 is 27.8 Å². The van der Waals surface area contributed by atoms with Crippen molar-refractivity contribution in [3.63, 3.8) is 0 Å². The first-order valence-electron chi connectivity index (χ1n) is 5.93. The maximum absolute atomic E-state index is 12.0. The van der Waals surface area contributed by atoms with E-state index in [1.54, 1.807) is 6.92 Å². The Morgan fingerprint density at radius 1 is 1.48 bits per heavy atom. The van der Waals surface area contributed by atoms with Gasteiger partial charge in [-0.2, -0.15) is 0 Å². The number of pyridine rings is 1. The molecular weight excluding hydrogens is 320 g/mol. The minimum Gasteiger partial charge on any atom is -0.480 e. The molecule has 0 aliphatic carbocycles. The van der Waals surface area contributed by atoms with E-state index >= 15 is 0 Å². The van der Waals surface area contributed by atoms with Crippen molar-refractivity contribution in [2.24, 2.45) is 0 Å². The number of aliphatic carboxylic acids is 1. The van der Waals surface area contributed by atoms with E-state index in [1.807, 2.05) is 0 Å². The smallest absolute Gasteiger partial charge is 0.326 e. The standard InChI is InChI=1S/C12H15ClN2O5S/c1-7-5-9(13)8(6-14-7)11(16)15-10(12(17)18)3-4-21(2,19)20/h5-6,10H,3-4H2,1-2H3,(H,15,16)(H,17,18). The van der Waals surface area contributed by atoms with E-state index in [9.17, 15) is 18.0 Å². The van der Waals surface area contributed by atoms with E-state index in [2.05, 4.69) is 10.3 Å². The van der Waals surface area contributed by atoms with Crippen LogP contribution in [0.25, 0.3) is 0 Å². The lowest BCUT2D eigenvalue weighted by molar-refractivity contribution is -0.139. The van der Waals surface area contributed by atoms with Gasteiger partial charge in [0.15, 0.2) is 0 Å². The summed E-state index contributed by atoms with van der Waals surface area (Å²) in [5.74, 6) is -2.37. The number of carbonyl (C=O) groups is 2. The molecule has 7 nitrogen and oxygen atoms in total. The van der Waals surface area contributed by atoms with Crippen molar-refractivity contribution in [2.75, 3.05) is 12.0 Å². The summed E-state index contributed by atoms with van der Waals surface area (Å²) in [5.41, 5.74) is 0.649. The second-order valence-corrected chi connectivity index (χ2v) is 7.26. The van der Waals surface area contributed by atoms with Crippen LogP contribution in [0.3, 0.4) is 0 Å². The Balaban J connectivity index is 2.84. The zero-order valence-corrected chi connectivity index (χ0v) is 13.0. The number of carboxylic acid groups (broad SMARTS) is 1. The van der Waals surface area contributed by atoms with Crippen LogP contribution in [0.15, 0.2) is 12.3 Å². The van der Waals surface area contributed by atoms with E-state index in [4.69, 9.17) is 16.7 Å². The van der Waals surface area contributed by atoms with Gasteiger partial charge in [0, 0.05) is 18.1 Å². The Bertz CT molecular complexity index is 660. The fourth-order valence-corrected chi connectivity index (χ4v) is 2.48. The van der Waals surface area contributed by atoms with Crippen LogP contribution in [-0.2, 0) is 14.6 Å². The number of hydrogen-bond donors (Lipinski definition) is 2. The minimum atomic E-state index is -3.32. The highest BCUT2D eigenvalue weighted by Gasteiger charge is 2.23. The van der Waals surface area contributed by atoms with Gasteiger partial charge in [0.05, 0.1) is 16.3 Å². The van der Waals surface area contributed by atoms with Crippen LogP contribution in [0.5, 0.6) is 0 Å². The lowest BCUT2D eigenvalue weighted by atomic mass is 10.2. The third-order valence-corrected chi connectivity index (χ3v) is 3.91. The monoisotopic (exact) mass is 334 g/mol. The number of rotatable bonds is 6. The SMILES string of the molecule is Cc1cc(Cl)c(C(=O)NC(CCS(C)(=O)=O)C(=O)O)cn1. The maximum atomic E-state index is 12.0. The lowest BCUT2D eigenvalue weighted by Crippen LogP contribution is -2.42. The molecule has 0 fully saturated rings. The zero-order valence-electron chi connectivity index (χ0n) is 11.5. The zero-order chi connectivity index (χ0) is 16.2. The highest BCUT2D eigenvalue weighted by atomic mass is 35.5. The summed E-state index contributed by atoms with van der Waals surface area (Å²) in [6, 6.07) is 0.160. The Morgan fingerprint density at radius 2 is 2.10 bits per heavy atom. The van der Waals surface area contributed by atoms with Crippen LogP contribution >= 0.6 is 11.6 Å². The fourth-order valence-electron chi connectivity index (χ4n) is 1.52. The molecule has 0 aromatic carbocycles. The first-order chi connectivity index (χ1) is 9.60. The first-order valence-corrected chi connectivity index (χ1v) is 8.37. The van der Waals surface area contributed by atoms with Crippen molar-refractivity contribution < 1.29 is 23.1 Å².